The number of hydrogen-bond acceptors (Lipinski definition) is 5. The lowest BCUT2D eigenvalue weighted by atomic mass is 10.0. The van der Waals surface area contributed by atoms with Crippen molar-refractivity contribution in [2.45, 2.75) is 30.8 Å². The maximum Gasteiger partial charge on any atom is 0.326 e. The monoisotopic (exact) mass is 446 g/mol. The molecule has 1 aliphatic rings. The molecule has 0 unspecified atom stereocenters. The molecule has 0 fully saturated rings. The first kappa shape index (κ1) is 21.3. The number of carbonyl (C=O) groups excluding carboxylic acids is 1. The van der Waals surface area contributed by atoms with Gasteiger partial charge in [0.2, 0.25) is 10.0 Å². The first-order chi connectivity index (χ1) is 14.8. The number of rotatable bonds is 6. The molecule has 0 saturated carbocycles. The van der Waals surface area contributed by atoms with Crippen LogP contribution in [-0.2, 0) is 32.5 Å². The largest absolute Gasteiger partial charge is 0.477 e. The van der Waals surface area contributed by atoms with Crippen LogP contribution >= 0.6 is 0 Å². The Bertz CT molecular complexity index is 1220. The minimum atomic E-state index is -3.82. The van der Waals surface area contributed by atoms with Crippen molar-refractivity contribution in [3.8, 4) is 5.88 Å². The quantitative estimate of drug-likeness (QED) is 0.544. The summed E-state index contributed by atoms with van der Waals surface area (Å²) < 4.78 is 53.4. The lowest BCUT2D eigenvalue weighted by molar-refractivity contribution is -0.143. The van der Waals surface area contributed by atoms with E-state index in [-0.39, 0.29) is 30.6 Å². The second-order valence-electron chi connectivity index (χ2n) is 7.34. The molecule has 0 radical (unpaired) electrons. The molecule has 3 aromatic rings. The average Bonchev–Trinajstić information content (AvgIpc) is 3.07. The molecule has 31 heavy (non-hydrogen) atoms. The third kappa shape index (κ3) is 3.90. The number of sulfonamides is 1. The van der Waals surface area contributed by atoms with Crippen molar-refractivity contribution in [1.29, 1.82) is 0 Å². The summed E-state index contributed by atoms with van der Waals surface area (Å²) in [7, 11) is -2.33. The van der Waals surface area contributed by atoms with Crippen molar-refractivity contribution in [2.75, 3.05) is 20.3 Å². The van der Waals surface area contributed by atoms with Crippen LogP contribution in [-0.4, -0.2) is 49.6 Å². The molecule has 4 rings (SSSR count). The predicted octanol–water partition coefficient (Wildman–Crippen LogP) is 2.97. The summed E-state index contributed by atoms with van der Waals surface area (Å²) in [6.45, 7) is 2.18. The third-order valence-electron chi connectivity index (χ3n) is 5.47. The van der Waals surface area contributed by atoms with Crippen molar-refractivity contribution < 1.29 is 27.1 Å². The van der Waals surface area contributed by atoms with Crippen molar-refractivity contribution in [2.24, 2.45) is 0 Å². The molecule has 0 N–H and O–H groups in total. The van der Waals surface area contributed by atoms with Gasteiger partial charge in [-0.15, -0.1) is 0 Å². The van der Waals surface area contributed by atoms with E-state index >= 15 is 0 Å². The highest BCUT2D eigenvalue weighted by Crippen LogP contribution is 2.37. The summed E-state index contributed by atoms with van der Waals surface area (Å²) in [4.78, 5) is 12.1. The number of nitrogens with zero attached hydrogens (tertiary/aromatic N) is 2. The maximum absolute atomic E-state index is 13.2. The van der Waals surface area contributed by atoms with E-state index in [9.17, 15) is 17.6 Å². The highest BCUT2D eigenvalue weighted by Gasteiger charge is 2.34. The van der Waals surface area contributed by atoms with Gasteiger partial charge in [0.15, 0.2) is 5.88 Å². The van der Waals surface area contributed by atoms with Gasteiger partial charge < -0.3 is 14.0 Å². The summed E-state index contributed by atoms with van der Waals surface area (Å²) >= 11 is 0. The molecule has 0 spiro atoms. The van der Waals surface area contributed by atoms with Gasteiger partial charge in [-0.3, -0.25) is 4.79 Å². The molecule has 9 heteroatoms. The van der Waals surface area contributed by atoms with E-state index in [0.717, 1.165) is 28.6 Å². The van der Waals surface area contributed by atoms with Gasteiger partial charge in [-0.1, -0.05) is 18.2 Å². The molecule has 1 aromatic heterocycles. The van der Waals surface area contributed by atoms with E-state index < -0.39 is 21.9 Å². The molecule has 0 bridgehead atoms. The zero-order valence-electron chi connectivity index (χ0n) is 17.2. The summed E-state index contributed by atoms with van der Waals surface area (Å²) in [5.41, 5.74) is 1.67. The Labute approximate surface area is 180 Å². The molecule has 0 aliphatic carbocycles. The topological polar surface area (TPSA) is 77.8 Å². The Morgan fingerprint density at radius 1 is 1.23 bits per heavy atom. The Morgan fingerprint density at radius 3 is 2.65 bits per heavy atom. The van der Waals surface area contributed by atoms with Crippen LogP contribution in [0.1, 0.15) is 12.5 Å². The maximum atomic E-state index is 13.2. The minimum absolute atomic E-state index is 0.0120. The zero-order valence-corrected chi connectivity index (χ0v) is 18.1. The van der Waals surface area contributed by atoms with Gasteiger partial charge in [-0.25, -0.2) is 12.8 Å². The molecule has 1 aliphatic heterocycles. The van der Waals surface area contributed by atoms with E-state index in [1.54, 1.807) is 11.5 Å². The zero-order chi connectivity index (χ0) is 22.2. The standard InChI is InChI=1S/C22H23FN2O5S/c1-3-29-21(26)13-25-20-7-5-4-6-18(20)19-12-16(14-30-22(19)25)24(2)31(27,28)17-10-8-15(23)9-11-17/h4-11,16H,3,12-14H2,1-2H3/t16-/m0/s1. The number of fused-ring (bicyclic) bond motifs is 3. The van der Waals surface area contributed by atoms with Crippen molar-refractivity contribution in [1.82, 2.24) is 8.87 Å². The van der Waals surface area contributed by atoms with E-state index in [1.807, 2.05) is 24.3 Å². The number of hydrogen-bond donors (Lipinski definition) is 0. The molecule has 164 valence electrons. The summed E-state index contributed by atoms with van der Waals surface area (Å²) in [6.07, 6.45) is 0.419. The van der Waals surface area contributed by atoms with Gasteiger partial charge in [-0.2, -0.15) is 4.31 Å². The summed E-state index contributed by atoms with van der Waals surface area (Å²) in [6, 6.07) is 11.9. The second kappa shape index (κ2) is 8.32. The smallest absolute Gasteiger partial charge is 0.326 e. The van der Waals surface area contributed by atoms with E-state index in [4.69, 9.17) is 9.47 Å². The fourth-order valence-corrected chi connectivity index (χ4v) is 5.22. The minimum Gasteiger partial charge on any atom is -0.477 e. The van der Waals surface area contributed by atoms with Crippen molar-refractivity contribution >= 4 is 26.9 Å². The predicted molar refractivity (Wildman–Crippen MR) is 113 cm³/mol. The molecular formula is C22H23FN2O5S. The number of esters is 1. The highest BCUT2D eigenvalue weighted by atomic mass is 32.2. The Balaban J connectivity index is 1.67. The van der Waals surface area contributed by atoms with Gasteiger partial charge in [0.05, 0.1) is 23.1 Å². The van der Waals surface area contributed by atoms with Gasteiger partial charge in [0.25, 0.3) is 0 Å². The number of para-hydroxylation sites is 1. The fraction of sp³-hybridized carbons (Fsp3) is 0.318. The van der Waals surface area contributed by atoms with Gasteiger partial charge in [0.1, 0.15) is 19.0 Å². The van der Waals surface area contributed by atoms with Crippen LogP contribution in [0.3, 0.4) is 0 Å². The van der Waals surface area contributed by atoms with Gasteiger partial charge >= 0.3 is 5.97 Å². The Morgan fingerprint density at radius 2 is 1.94 bits per heavy atom. The molecule has 0 saturated heterocycles. The Hall–Kier alpha value is -2.91. The number of likely N-dealkylation sites (N-methyl/N-ethyl adjacent to an activating group) is 1. The van der Waals surface area contributed by atoms with Crippen LogP contribution in [0.15, 0.2) is 53.4 Å². The van der Waals surface area contributed by atoms with Gasteiger partial charge in [-0.05, 0) is 43.7 Å². The first-order valence-corrected chi connectivity index (χ1v) is 11.4. The normalized spacial score (nSPS) is 16.2. The summed E-state index contributed by atoms with van der Waals surface area (Å²) in [5.74, 6) is -0.312. The van der Waals surface area contributed by atoms with E-state index in [1.165, 1.54) is 23.5 Å². The number of carbonyl (C=O) groups is 1. The SMILES string of the molecule is CCOC(=O)Cn1c2c(c3ccccc31)C[C@H](N(C)S(=O)(=O)c1ccc(F)cc1)CO2. The van der Waals surface area contributed by atoms with Gasteiger partial charge in [0, 0.05) is 18.0 Å². The van der Waals surface area contributed by atoms with Crippen LogP contribution in [0.2, 0.25) is 0 Å². The van der Waals surface area contributed by atoms with Crippen LogP contribution in [0, 0.1) is 5.82 Å². The van der Waals surface area contributed by atoms with Crippen LogP contribution in [0.4, 0.5) is 4.39 Å². The van der Waals surface area contributed by atoms with Crippen LogP contribution in [0.25, 0.3) is 10.9 Å². The first-order valence-electron chi connectivity index (χ1n) is 9.95. The molecule has 2 heterocycles. The second-order valence-corrected chi connectivity index (χ2v) is 9.33. The number of benzene rings is 2. The van der Waals surface area contributed by atoms with Crippen LogP contribution < -0.4 is 4.74 Å². The summed E-state index contributed by atoms with van der Waals surface area (Å²) in [5, 5.41) is 0.902. The van der Waals surface area contributed by atoms with E-state index in [0.29, 0.717) is 12.3 Å². The molecule has 0 amide bonds. The Kier molecular flexibility index (Phi) is 5.72. The highest BCUT2D eigenvalue weighted by molar-refractivity contribution is 7.89. The fourth-order valence-electron chi connectivity index (χ4n) is 3.88. The number of aromatic nitrogens is 1. The molecule has 1 atom stereocenters. The van der Waals surface area contributed by atoms with Crippen molar-refractivity contribution in [3.05, 3.63) is 59.9 Å². The number of ether oxygens (including phenoxy) is 2. The lowest BCUT2D eigenvalue weighted by Crippen LogP contribution is -2.44. The van der Waals surface area contributed by atoms with Crippen molar-refractivity contribution in [3.63, 3.8) is 0 Å². The lowest BCUT2D eigenvalue weighted by Gasteiger charge is -2.31. The molecular weight excluding hydrogens is 423 g/mol. The van der Waals surface area contributed by atoms with E-state index in [2.05, 4.69) is 0 Å². The third-order valence-corrected chi connectivity index (χ3v) is 7.40. The molecule has 7 nitrogen and oxygen atoms in total. The number of halogens is 1. The average molecular weight is 447 g/mol. The molecule has 2 aromatic carbocycles. The van der Waals surface area contributed by atoms with Crippen LogP contribution in [0.5, 0.6) is 5.88 Å².